The minimum Gasteiger partial charge on any atom is -0.408 e. The van der Waals surface area contributed by atoms with Crippen LogP contribution in [0.2, 0.25) is 18.1 Å². The number of hydrogen-bond acceptors (Lipinski definition) is 18. The van der Waals surface area contributed by atoms with Crippen LogP contribution in [0.1, 0.15) is 63.9 Å². The van der Waals surface area contributed by atoms with Gasteiger partial charge in [-0.3, -0.25) is 33.8 Å². The van der Waals surface area contributed by atoms with Crippen molar-refractivity contribution in [1.29, 1.82) is 5.26 Å². The summed E-state index contributed by atoms with van der Waals surface area (Å²) in [6.45, 7) is 13.1. The number of fused-ring (bicyclic) bond motifs is 5. The van der Waals surface area contributed by atoms with E-state index < -0.39 is 91.0 Å². The molecular weight excluding hydrogens is 952 g/mol. The zero-order valence-electron chi connectivity index (χ0n) is 37.4. The standard InChI is InChI=1S/C40H50FN11O11P2SSi/c1-21(2)34(53)49-39-48-33-27(36(55)50-39)46-20-52(33)38-30-29(63-67(6,7)40(3,4)5)24(60-38)16-57-64(56-15-11-14-42)61-28-23(17-58-65(66)62-30)59-37(25(28)41)51-19-45-26-31(43-18-44-32(26)51)47-35(54)22-12-9-8-10-13-22/h8-10,12-13,18-21,23-25,28-30,37-38,66H,11,15-17H2,1-7H3,(H,43,44,47,54)(H2,48,49,50,53,55)/t23-,24-,25-,28-,29-,30-,37-,38-,64?,65?/m1/s1. The van der Waals surface area contributed by atoms with Crippen LogP contribution in [0.15, 0.2) is 54.1 Å². The Kier molecular flexibility index (Phi) is 14.8. The van der Waals surface area contributed by atoms with Crippen LogP contribution < -0.4 is 16.2 Å². The first-order valence-corrected chi connectivity index (χ1v) is 27.6. The number of aromatic amines is 1. The summed E-state index contributed by atoms with van der Waals surface area (Å²) in [5, 5.41) is 14.5. The van der Waals surface area contributed by atoms with Gasteiger partial charge in [-0.05, 0) is 30.3 Å². The fraction of sp³-hybridized carbons (Fsp3) is 0.525. The van der Waals surface area contributed by atoms with Crippen LogP contribution in [0.3, 0.4) is 0 Å². The van der Waals surface area contributed by atoms with Crippen LogP contribution in [0.4, 0.5) is 16.2 Å². The fourth-order valence-corrected chi connectivity index (χ4v) is 10.9. The number of ether oxygens (including phenoxy) is 2. The van der Waals surface area contributed by atoms with Crippen molar-refractivity contribution in [3.8, 4) is 6.07 Å². The van der Waals surface area contributed by atoms with Gasteiger partial charge in [-0.25, -0.2) is 24.3 Å². The molecule has 0 radical (unpaired) electrons. The van der Waals surface area contributed by atoms with E-state index in [1.165, 1.54) is 28.1 Å². The number of nitrogens with one attached hydrogen (secondary N) is 3. The van der Waals surface area contributed by atoms with Gasteiger partial charge in [0.2, 0.25) is 19.4 Å². The second-order valence-corrected chi connectivity index (χ2v) is 25.5. The third-order valence-corrected chi connectivity index (χ3v) is 18.8. The molecule has 3 aliphatic rings. The van der Waals surface area contributed by atoms with Gasteiger partial charge in [-0.1, -0.05) is 65.1 Å². The molecule has 3 aliphatic heterocycles. The zero-order chi connectivity index (χ0) is 47.8. The van der Waals surface area contributed by atoms with E-state index in [0.717, 1.165) is 0 Å². The molecule has 3 N–H and O–H groups in total. The molecule has 1 aromatic carbocycles. The molecule has 3 saturated heterocycles. The Morgan fingerprint density at radius 2 is 1.69 bits per heavy atom. The second kappa shape index (κ2) is 20.3. The molecule has 2 amide bonds. The minimum atomic E-state index is -2.64. The van der Waals surface area contributed by atoms with E-state index in [2.05, 4.69) is 74.4 Å². The lowest BCUT2D eigenvalue weighted by Gasteiger charge is -2.40. The molecule has 2 unspecified atom stereocenters. The maximum absolute atomic E-state index is 17.1. The van der Waals surface area contributed by atoms with Gasteiger partial charge >= 0.3 is 8.60 Å². The van der Waals surface area contributed by atoms with Crippen LogP contribution >= 0.6 is 28.4 Å². The van der Waals surface area contributed by atoms with Gasteiger partial charge in [-0.15, -0.1) is 0 Å². The van der Waals surface area contributed by atoms with E-state index in [1.54, 1.807) is 44.2 Å². The first-order chi connectivity index (χ1) is 31.9. The topological polar surface area (TPSA) is 263 Å². The highest BCUT2D eigenvalue weighted by atomic mass is 32.7. The molecule has 3 fully saturated rings. The Morgan fingerprint density at radius 1 is 0.985 bits per heavy atom. The van der Waals surface area contributed by atoms with Gasteiger partial charge in [0.25, 0.3) is 11.5 Å². The highest BCUT2D eigenvalue weighted by Gasteiger charge is 2.55. The number of rotatable bonds is 11. The number of nitrogens with zero attached hydrogens (tertiary/aromatic N) is 8. The average Bonchev–Trinajstić information content (AvgIpc) is 4.06. The Morgan fingerprint density at radius 3 is 2.40 bits per heavy atom. The Hall–Kier alpha value is -4.41. The van der Waals surface area contributed by atoms with Crippen molar-refractivity contribution in [2.24, 2.45) is 5.92 Å². The molecule has 2 bridgehead atoms. The molecule has 0 aliphatic carbocycles. The summed E-state index contributed by atoms with van der Waals surface area (Å²) >= 11 is 4.75. The number of H-pyrrole nitrogens is 1. The normalized spacial score (nSPS) is 27.2. The summed E-state index contributed by atoms with van der Waals surface area (Å²) in [6, 6.07) is 10.6. The Bertz CT molecular complexity index is 2690. The molecule has 358 valence electrons. The van der Waals surface area contributed by atoms with Crippen LogP contribution in [-0.2, 0) is 41.3 Å². The molecule has 22 nitrogen and oxygen atoms in total. The van der Waals surface area contributed by atoms with Crippen molar-refractivity contribution >= 4 is 82.7 Å². The highest BCUT2D eigenvalue weighted by Crippen LogP contribution is 2.54. The van der Waals surface area contributed by atoms with Crippen molar-refractivity contribution in [1.82, 2.24) is 39.0 Å². The molecule has 27 heteroatoms. The van der Waals surface area contributed by atoms with E-state index in [-0.39, 0.29) is 71.3 Å². The van der Waals surface area contributed by atoms with Crippen molar-refractivity contribution < 1.29 is 50.5 Å². The summed E-state index contributed by atoms with van der Waals surface area (Å²) in [5.74, 6) is -1.20. The summed E-state index contributed by atoms with van der Waals surface area (Å²) in [6.07, 6.45) is -5.76. The number of anilines is 2. The number of thiol groups is 1. The number of aromatic nitrogens is 8. The number of benzene rings is 1. The van der Waals surface area contributed by atoms with Crippen molar-refractivity contribution in [2.45, 2.75) is 108 Å². The minimum absolute atomic E-state index is 0.0246. The molecule has 0 spiro atoms. The van der Waals surface area contributed by atoms with E-state index in [9.17, 15) is 19.6 Å². The quantitative estimate of drug-likeness (QED) is 0.0479. The molecule has 5 aromatic rings. The average molecular weight is 1000 g/mol. The van der Waals surface area contributed by atoms with Gasteiger partial charge < -0.3 is 41.8 Å². The first-order valence-electron chi connectivity index (χ1n) is 21.3. The second-order valence-electron chi connectivity index (χ2n) is 17.6. The summed E-state index contributed by atoms with van der Waals surface area (Å²) in [4.78, 5) is 63.4. The third-order valence-electron chi connectivity index (χ3n) is 11.7. The Labute approximate surface area is 392 Å². The van der Waals surface area contributed by atoms with Gasteiger partial charge in [0.05, 0.1) is 45.0 Å². The van der Waals surface area contributed by atoms with Crippen LogP contribution in [0, 0.1) is 17.2 Å². The summed E-state index contributed by atoms with van der Waals surface area (Å²) in [5.41, 5.74) is 0.181. The lowest BCUT2D eigenvalue weighted by Crippen LogP contribution is -2.50. The van der Waals surface area contributed by atoms with Crippen molar-refractivity contribution in [3.63, 3.8) is 0 Å². The third kappa shape index (κ3) is 10.5. The maximum atomic E-state index is 17.1. The van der Waals surface area contributed by atoms with Crippen LogP contribution in [0.25, 0.3) is 22.3 Å². The maximum Gasteiger partial charge on any atom is 0.333 e. The van der Waals surface area contributed by atoms with Gasteiger partial charge in [0.15, 0.2) is 55.1 Å². The van der Waals surface area contributed by atoms with Crippen molar-refractivity contribution in [3.05, 3.63) is 65.2 Å². The molecule has 0 saturated carbocycles. The molecule has 67 heavy (non-hydrogen) atoms. The van der Waals surface area contributed by atoms with E-state index in [0.29, 0.717) is 5.56 Å². The smallest absolute Gasteiger partial charge is 0.333 e. The van der Waals surface area contributed by atoms with E-state index in [1.807, 2.05) is 6.07 Å². The number of nitriles is 1. The summed E-state index contributed by atoms with van der Waals surface area (Å²) in [7, 11) is -7.20. The Balaban J connectivity index is 1.12. The zero-order valence-corrected chi connectivity index (χ0v) is 41.1. The lowest BCUT2D eigenvalue weighted by molar-refractivity contribution is -0.118. The monoisotopic (exact) mass is 1000 g/mol. The number of halogens is 1. The number of imidazole rings is 2. The van der Waals surface area contributed by atoms with E-state index >= 15 is 4.39 Å². The predicted molar refractivity (Wildman–Crippen MR) is 247 cm³/mol. The number of alkyl halides is 1. The lowest BCUT2D eigenvalue weighted by atomic mass is 10.1. The summed E-state index contributed by atoms with van der Waals surface area (Å²) < 4.78 is 71.7. The number of carbonyl (C=O) groups excluding carboxylic acids is 2. The van der Waals surface area contributed by atoms with Crippen molar-refractivity contribution in [2.75, 3.05) is 30.5 Å². The number of amides is 2. The molecule has 7 heterocycles. The molecular formula is C40H50FN11O11P2SSi. The first kappa shape index (κ1) is 49.0. The van der Waals surface area contributed by atoms with Gasteiger partial charge in [-0.2, -0.15) is 10.2 Å². The van der Waals surface area contributed by atoms with E-state index in [4.69, 9.17) is 48.8 Å². The fourth-order valence-electron chi connectivity index (χ4n) is 7.12. The number of carbonyl (C=O) groups is 2. The predicted octanol–water partition coefficient (Wildman–Crippen LogP) is 6.46. The number of hydrogen-bond donors (Lipinski definition) is 4. The SMILES string of the molecule is CC(C)C(=O)Nc1nc2c(ncn2[C@@H]2O[C@@H]3COP(OCCC#N)O[C@H]4[C@@H](F)[C@H](n5cnc6c(NC(=O)c7ccccc7)ncnc65)O[C@@H]4COP(S)O[C@@H]2[C@@H]3O[Si](C)(C)C(C)(C)C)c(=O)[nH]1. The van der Waals surface area contributed by atoms with Gasteiger partial charge in [0, 0.05) is 11.5 Å². The molecule has 8 rings (SSSR count). The molecule has 4 aromatic heterocycles. The largest absolute Gasteiger partial charge is 0.408 e. The molecule has 10 atom stereocenters. The van der Waals surface area contributed by atoms with Crippen LogP contribution in [-0.4, -0.2) is 116 Å². The van der Waals surface area contributed by atoms with Gasteiger partial charge in [0.1, 0.15) is 36.8 Å². The van der Waals surface area contributed by atoms with Crippen LogP contribution in [0.5, 0.6) is 0 Å². The highest BCUT2D eigenvalue weighted by molar-refractivity contribution is 8.41.